The third kappa shape index (κ3) is 4.74. The molecule has 2 N–H and O–H groups in total. The van der Waals surface area contributed by atoms with Gasteiger partial charge < -0.3 is 14.5 Å². The van der Waals surface area contributed by atoms with E-state index in [1.54, 1.807) is 37.4 Å². The number of nitrogens with one attached hydrogen (secondary N) is 2. The number of nitrogens with zero attached hydrogens (tertiary/aromatic N) is 1. The number of urea groups is 1. The maximum Gasteiger partial charge on any atom is 0.339 e. The minimum Gasteiger partial charge on any atom is -0.497 e. The first-order valence-electron chi connectivity index (χ1n) is 5.77. The molecule has 1 aromatic heterocycles. The Labute approximate surface area is 143 Å². The molecule has 0 atom stereocenters. The number of hydrazone groups is 1. The fraction of sp³-hybridized carbons (Fsp3) is 0.0769. The lowest BCUT2D eigenvalue weighted by Crippen LogP contribution is -2.24. The molecule has 110 valence electrons. The van der Waals surface area contributed by atoms with Crippen LogP contribution in [-0.2, 0) is 0 Å². The molecule has 2 amide bonds. The summed E-state index contributed by atoms with van der Waals surface area (Å²) in [5.74, 6) is 1.26. The second kappa shape index (κ2) is 7.46. The maximum absolute atomic E-state index is 11.6. The molecule has 0 radical (unpaired) electrons. The first kappa shape index (κ1) is 15.8. The van der Waals surface area contributed by atoms with Crippen molar-refractivity contribution in [2.45, 2.75) is 0 Å². The Hall–Kier alpha value is -1.55. The van der Waals surface area contributed by atoms with Crippen LogP contribution in [0.2, 0.25) is 0 Å². The Morgan fingerprint density at radius 3 is 2.71 bits per heavy atom. The quantitative estimate of drug-likeness (QED) is 0.411. The van der Waals surface area contributed by atoms with E-state index >= 15 is 0 Å². The fourth-order valence-corrected chi connectivity index (χ4v) is 2.13. The van der Waals surface area contributed by atoms with E-state index in [4.69, 9.17) is 9.15 Å². The predicted octanol–water partition coefficient (Wildman–Crippen LogP) is 3.81. The van der Waals surface area contributed by atoms with Gasteiger partial charge in [-0.15, -0.1) is 0 Å². The summed E-state index contributed by atoms with van der Waals surface area (Å²) < 4.78 is 11.9. The van der Waals surface area contributed by atoms with E-state index in [1.165, 1.54) is 6.21 Å². The first-order chi connectivity index (χ1) is 10.1. The number of carbonyl (C=O) groups is 1. The molecule has 1 heterocycles. The molecule has 2 aromatic rings. The minimum atomic E-state index is -0.447. The van der Waals surface area contributed by atoms with Gasteiger partial charge in [-0.1, -0.05) is 0 Å². The lowest BCUT2D eigenvalue weighted by Gasteiger charge is -2.04. The Balaban J connectivity index is 1.86. The molecule has 21 heavy (non-hydrogen) atoms. The van der Waals surface area contributed by atoms with Crippen LogP contribution < -0.4 is 15.5 Å². The number of carbonyl (C=O) groups excluding carboxylic acids is 1. The number of methoxy groups -OCH3 is 1. The van der Waals surface area contributed by atoms with E-state index in [-0.39, 0.29) is 0 Å². The van der Waals surface area contributed by atoms with E-state index in [9.17, 15) is 4.79 Å². The number of hydrogen-bond donors (Lipinski definition) is 2. The van der Waals surface area contributed by atoms with Gasteiger partial charge in [-0.3, -0.25) is 0 Å². The zero-order valence-electron chi connectivity index (χ0n) is 10.9. The molecule has 0 unspecified atom stereocenters. The molecule has 0 saturated carbocycles. The largest absolute Gasteiger partial charge is 0.497 e. The Morgan fingerprint density at radius 2 is 2.14 bits per heavy atom. The lowest BCUT2D eigenvalue weighted by atomic mass is 10.3. The number of anilines is 1. The standard InChI is InChI=1S/C13H11BrIN3O3/c1-20-9-4-2-8(3-5-9)17-13(19)18-16-7-10-6-11(14)12(15)21-10/h2-7H,1H3,(H2,17,18,19)/b16-7+. The number of amides is 2. The maximum atomic E-state index is 11.6. The monoisotopic (exact) mass is 463 g/mol. The molecule has 6 nitrogen and oxygen atoms in total. The van der Waals surface area contributed by atoms with E-state index in [0.717, 1.165) is 14.0 Å². The van der Waals surface area contributed by atoms with Gasteiger partial charge in [-0.2, -0.15) is 5.10 Å². The Morgan fingerprint density at radius 1 is 1.43 bits per heavy atom. The van der Waals surface area contributed by atoms with Gasteiger partial charge in [-0.05, 0) is 40.2 Å². The second-order valence-electron chi connectivity index (χ2n) is 3.82. The van der Waals surface area contributed by atoms with Crippen LogP contribution in [0.3, 0.4) is 0 Å². The molecule has 0 bridgehead atoms. The SMILES string of the molecule is COc1ccc(NC(=O)N/N=C/c2cc(Br)c(I)o2)cc1. The van der Waals surface area contributed by atoms with Crippen molar-refractivity contribution < 1.29 is 13.9 Å². The van der Waals surface area contributed by atoms with Crippen LogP contribution in [-0.4, -0.2) is 19.4 Å². The molecular formula is C13H11BrIN3O3. The van der Waals surface area contributed by atoms with E-state index in [0.29, 0.717) is 11.4 Å². The molecule has 0 aliphatic carbocycles. The van der Waals surface area contributed by atoms with Crippen molar-refractivity contribution in [2.24, 2.45) is 5.10 Å². The summed E-state index contributed by atoms with van der Waals surface area (Å²) in [6.07, 6.45) is 1.42. The van der Waals surface area contributed by atoms with Gasteiger partial charge in [0.2, 0.25) is 0 Å². The van der Waals surface area contributed by atoms with Crippen molar-refractivity contribution in [3.8, 4) is 5.75 Å². The molecule has 0 aliphatic rings. The average molecular weight is 464 g/mol. The highest BCUT2D eigenvalue weighted by Gasteiger charge is 2.04. The van der Waals surface area contributed by atoms with Crippen molar-refractivity contribution in [3.05, 3.63) is 44.3 Å². The summed E-state index contributed by atoms with van der Waals surface area (Å²) in [7, 11) is 1.58. The number of ether oxygens (including phenoxy) is 1. The zero-order chi connectivity index (χ0) is 15.2. The molecule has 1 aromatic carbocycles. The first-order valence-corrected chi connectivity index (χ1v) is 7.64. The smallest absolute Gasteiger partial charge is 0.339 e. The molecule has 8 heteroatoms. The zero-order valence-corrected chi connectivity index (χ0v) is 14.6. The van der Waals surface area contributed by atoms with Crippen molar-refractivity contribution >= 4 is 56.5 Å². The van der Waals surface area contributed by atoms with Crippen LogP contribution in [0.15, 0.2) is 44.3 Å². The third-order valence-electron chi connectivity index (χ3n) is 2.37. The molecule has 0 saturated heterocycles. The van der Waals surface area contributed by atoms with E-state index in [1.807, 2.05) is 22.6 Å². The van der Waals surface area contributed by atoms with Crippen LogP contribution in [0.4, 0.5) is 10.5 Å². The van der Waals surface area contributed by atoms with Crippen molar-refractivity contribution in [1.29, 1.82) is 0 Å². The predicted molar refractivity (Wildman–Crippen MR) is 91.9 cm³/mol. The minimum absolute atomic E-state index is 0.447. The van der Waals surface area contributed by atoms with Gasteiger partial charge in [0.1, 0.15) is 11.5 Å². The van der Waals surface area contributed by atoms with E-state index < -0.39 is 6.03 Å². The highest BCUT2D eigenvalue weighted by Crippen LogP contribution is 2.22. The van der Waals surface area contributed by atoms with Gasteiger partial charge in [-0.25, -0.2) is 10.2 Å². The lowest BCUT2D eigenvalue weighted by molar-refractivity contribution is 0.252. The third-order valence-corrected chi connectivity index (χ3v) is 4.50. The summed E-state index contributed by atoms with van der Waals surface area (Å²) in [4.78, 5) is 11.6. The molecule has 0 fully saturated rings. The van der Waals surface area contributed by atoms with Crippen molar-refractivity contribution in [2.75, 3.05) is 12.4 Å². The normalized spacial score (nSPS) is 10.6. The summed E-state index contributed by atoms with van der Waals surface area (Å²) in [6.45, 7) is 0. The van der Waals surface area contributed by atoms with Gasteiger partial charge in [0, 0.05) is 34.3 Å². The number of halogens is 2. The van der Waals surface area contributed by atoms with Gasteiger partial charge in [0.25, 0.3) is 0 Å². The molecular weight excluding hydrogens is 453 g/mol. The summed E-state index contributed by atoms with van der Waals surface area (Å²) >= 11 is 5.37. The Bertz CT molecular complexity index is 636. The van der Waals surface area contributed by atoms with Crippen molar-refractivity contribution in [1.82, 2.24) is 5.43 Å². The average Bonchev–Trinajstić information content (AvgIpc) is 2.78. The van der Waals surface area contributed by atoms with Crippen LogP contribution >= 0.6 is 38.5 Å². The molecule has 0 spiro atoms. The number of benzene rings is 1. The van der Waals surface area contributed by atoms with E-state index in [2.05, 4.69) is 31.8 Å². The second-order valence-corrected chi connectivity index (χ2v) is 5.66. The molecule has 0 aliphatic heterocycles. The fourth-order valence-electron chi connectivity index (χ4n) is 1.41. The summed E-state index contributed by atoms with van der Waals surface area (Å²) in [5, 5.41) is 6.43. The van der Waals surface area contributed by atoms with Crippen molar-refractivity contribution in [3.63, 3.8) is 0 Å². The summed E-state index contributed by atoms with van der Waals surface area (Å²) in [5.41, 5.74) is 2.99. The number of furan rings is 1. The molecule has 2 rings (SSSR count). The number of hydrogen-bond acceptors (Lipinski definition) is 4. The van der Waals surface area contributed by atoms with Crippen LogP contribution in [0.5, 0.6) is 5.75 Å². The highest BCUT2D eigenvalue weighted by atomic mass is 127. The number of rotatable bonds is 4. The highest BCUT2D eigenvalue weighted by molar-refractivity contribution is 14.1. The van der Waals surface area contributed by atoms with Crippen LogP contribution in [0, 0.1) is 3.77 Å². The van der Waals surface area contributed by atoms with Gasteiger partial charge in [0.05, 0.1) is 17.8 Å². The summed E-state index contributed by atoms with van der Waals surface area (Å²) in [6, 6.07) is 8.27. The van der Waals surface area contributed by atoms with Gasteiger partial charge >= 0.3 is 6.03 Å². The Kier molecular flexibility index (Phi) is 5.62. The topological polar surface area (TPSA) is 75.9 Å². The van der Waals surface area contributed by atoms with Crippen LogP contribution in [0.1, 0.15) is 5.76 Å². The van der Waals surface area contributed by atoms with Crippen LogP contribution in [0.25, 0.3) is 0 Å². The van der Waals surface area contributed by atoms with Gasteiger partial charge in [0.15, 0.2) is 3.77 Å².